The number of esters is 1. The summed E-state index contributed by atoms with van der Waals surface area (Å²) >= 11 is 6.17. The standard InChI is InChI=1S/C37H39ClN2O4.2C4H4O4/c1-28(32-13-8-14-33(27-32)36(41)31-11-6-3-7-12-31)37(42)44-26-25-43-24-23-39-19-21-40(22-20-39)35(29-9-4-2-5-10-29)30-15-17-34(38)18-16-30;2*5-3(6)1-2-4(7)8/h2-18,27-28,35H,19-26H2,1H3;2*1-2H,(H,5,6)(H,7,8)/b;2*2-1-. The maximum absolute atomic E-state index is 12.8. The van der Waals surface area contributed by atoms with Gasteiger partial charge < -0.3 is 29.9 Å². The Bertz CT molecular complexity index is 2000. The van der Waals surface area contributed by atoms with Crippen LogP contribution in [0.25, 0.3) is 0 Å². The summed E-state index contributed by atoms with van der Waals surface area (Å²) in [7, 11) is 0. The average molecular weight is 843 g/mol. The molecule has 316 valence electrons. The number of rotatable bonds is 17. The van der Waals surface area contributed by atoms with Gasteiger partial charge in [0.2, 0.25) is 0 Å². The van der Waals surface area contributed by atoms with E-state index in [9.17, 15) is 28.8 Å². The van der Waals surface area contributed by atoms with Crippen LogP contribution in [0.2, 0.25) is 5.02 Å². The third-order valence-electron chi connectivity index (χ3n) is 8.87. The van der Waals surface area contributed by atoms with E-state index < -0.39 is 29.8 Å². The van der Waals surface area contributed by atoms with Crippen LogP contribution in [0.3, 0.4) is 0 Å². The Labute approximate surface area is 352 Å². The van der Waals surface area contributed by atoms with Crippen molar-refractivity contribution in [2.24, 2.45) is 0 Å². The molecular weight excluding hydrogens is 796 g/mol. The number of hydrogen-bond donors (Lipinski definition) is 4. The Hall–Kier alpha value is -6.45. The fourth-order valence-corrected chi connectivity index (χ4v) is 6.01. The maximum Gasteiger partial charge on any atom is 0.328 e. The van der Waals surface area contributed by atoms with E-state index in [2.05, 4.69) is 52.3 Å². The second-order valence-corrected chi connectivity index (χ2v) is 13.5. The number of piperazine rings is 1. The lowest BCUT2D eigenvalue weighted by molar-refractivity contribution is -0.146. The van der Waals surface area contributed by atoms with Gasteiger partial charge in [0, 0.05) is 73.2 Å². The summed E-state index contributed by atoms with van der Waals surface area (Å²) in [6, 6.07) is 35.3. The molecule has 0 aliphatic carbocycles. The van der Waals surface area contributed by atoms with Gasteiger partial charge in [-0.2, -0.15) is 0 Å². The predicted octanol–water partition coefficient (Wildman–Crippen LogP) is 6.07. The maximum atomic E-state index is 12.8. The van der Waals surface area contributed by atoms with Crippen molar-refractivity contribution in [3.63, 3.8) is 0 Å². The minimum Gasteiger partial charge on any atom is -0.478 e. The number of aliphatic carboxylic acids is 4. The summed E-state index contributed by atoms with van der Waals surface area (Å²) in [5, 5.41) is 32.0. The van der Waals surface area contributed by atoms with E-state index in [4.69, 9.17) is 41.5 Å². The molecule has 0 radical (unpaired) electrons. The predicted molar refractivity (Wildman–Crippen MR) is 223 cm³/mol. The topological polar surface area (TPSA) is 208 Å². The van der Waals surface area contributed by atoms with Gasteiger partial charge in [0.15, 0.2) is 5.78 Å². The molecule has 0 amide bonds. The summed E-state index contributed by atoms with van der Waals surface area (Å²) in [6.07, 6.45) is 2.23. The molecule has 1 saturated heterocycles. The lowest BCUT2D eigenvalue weighted by Gasteiger charge is -2.39. The van der Waals surface area contributed by atoms with Crippen LogP contribution in [0.1, 0.15) is 51.5 Å². The van der Waals surface area contributed by atoms with Gasteiger partial charge in [-0.15, -0.1) is 0 Å². The van der Waals surface area contributed by atoms with E-state index in [1.54, 1.807) is 37.3 Å². The molecule has 0 bridgehead atoms. The highest BCUT2D eigenvalue weighted by Crippen LogP contribution is 2.30. The number of hydrogen-bond acceptors (Lipinski definition) is 10. The number of carbonyl (C=O) groups is 6. The van der Waals surface area contributed by atoms with Gasteiger partial charge in [0.1, 0.15) is 6.61 Å². The second-order valence-electron chi connectivity index (χ2n) is 13.1. The summed E-state index contributed by atoms with van der Waals surface area (Å²) in [6.45, 7) is 7.57. The lowest BCUT2D eigenvalue weighted by atomic mass is 9.96. The van der Waals surface area contributed by atoms with Gasteiger partial charge in [-0.25, -0.2) is 19.2 Å². The summed E-state index contributed by atoms with van der Waals surface area (Å²) in [4.78, 5) is 68.7. The van der Waals surface area contributed by atoms with Crippen molar-refractivity contribution in [2.75, 3.05) is 52.5 Å². The van der Waals surface area contributed by atoms with E-state index in [0.717, 1.165) is 43.3 Å². The minimum atomic E-state index is -1.26. The first-order valence-corrected chi connectivity index (χ1v) is 19.1. The molecule has 15 heteroatoms. The molecule has 2 atom stereocenters. The van der Waals surface area contributed by atoms with Crippen LogP contribution in [0.15, 0.2) is 133 Å². The number of nitrogens with zero attached hydrogens (tertiary/aromatic N) is 2. The number of carboxylic acids is 4. The first-order valence-electron chi connectivity index (χ1n) is 18.7. The molecule has 4 aromatic rings. The van der Waals surface area contributed by atoms with Crippen molar-refractivity contribution in [3.05, 3.63) is 166 Å². The Kier molecular flexibility index (Phi) is 20.6. The van der Waals surface area contributed by atoms with E-state index in [-0.39, 0.29) is 24.4 Å². The Morgan fingerprint density at radius 3 is 1.62 bits per heavy atom. The van der Waals surface area contributed by atoms with Crippen molar-refractivity contribution in [2.45, 2.75) is 18.9 Å². The zero-order valence-electron chi connectivity index (χ0n) is 32.8. The average Bonchev–Trinajstić information content (AvgIpc) is 3.25. The highest BCUT2D eigenvalue weighted by molar-refractivity contribution is 6.30. The molecule has 14 nitrogen and oxygen atoms in total. The van der Waals surface area contributed by atoms with Gasteiger partial charge in [0.05, 0.1) is 25.2 Å². The number of ketones is 1. The van der Waals surface area contributed by atoms with Crippen molar-refractivity contribution in [3.8, 4) is 0 Å². The van der Waals surface area contributed by atoms with Crippen LogP contribution in [-0.4, -0.2) is 118 Å². The van der Waals surface area contributed by atoms with Crippen molar-refractivity contribution in [1.82, 2.24) is 9.80 Å². The molecule has 1 fully saturated rings. The van der Waals surface area contributed by atoms with Crippen LogP contribution < -0.4 is 0 Å². The smallest absolute Gasteiger partial charge is 0.328 e. The fourth-order valence-electron chi connectivity index (χ4n) is 5.89. The molecule has 0 saturated carbocycles. The Morgan fingerprint density at radius 1 is 0.600 bits per heavy atom. The molecule has 0 spiro atoms. The van der Waals surface area contributed by atoms with Crippen LogP contribution in [0.5, 0.6) is 0 Å². The van der Waals surface area contributed by atoms with Crippen molar-refractivity contribution < 1.29 is 58.7 Å². The van der Waals surface area contributed by atoms with Gasteiger partial charge in [0.25, 0.3) is 0 Å². The highest BCUT2D eigenvalue weighted by Gasteiger charge is 2.26. The van der Waals surface area contributed by atoms with Crippen molar-refractivity contribution in [1.29, 1.82) is 0 Å². The molecular formula is C45H47ClN2O12. The van der Waals surface area contributed by atoms with E-state index in [1.807, 2.05) is 36.4 Å². The minimum absolute atomic E-state index is 0.0691. The van der Waals surface area contributed by atoms with Crippen LogP contribution >= 0.6 is 11.6 Å². The fraction of sp³-hybridized carbons (Fsp3) is 0.244. The van der Waals surface area contributed by atoms with Crippen LogP contribution in [0, 0.1) is 0 Å². The monoisotopic (exact) mass is 842 g/mol. The number of carboxylic acid groups (broad SMARTS) is 4. The molecule has 5 rings (SSSR count). The molecule has 4 N–H and O–H groups in total. The SMILES string of the molecule is CC(C(=O)OCCOCCN1CCN(C(c2ccccc2)c2ccc(Cl)cc2)CC1)c1cccc(C(=O)c2ccccc2)c1.O=C(O)/C=C\C(=O)O.O=C(O)/C=C\C(=O)O. The van der Waals surface area contributed by atoms with E-state index >= 15 is 0 Å². The summed E-state index contributed by atoms with van der Waals surface area (Å²) in [5.41, 5.74) is 4.45. The molecule has 1 heterocycles. The molecule has 2 unspecified atom stereocenters. The largest absolute Gasteiger partial charge is 0.478 e. The number of ether oxygens (including phenoxy) is 2. The van der Waals surface area contributed by atoms with E-state index in [0.29, 0.717) is 48.6 Å². The van der Waals surface area contributed by atoms with Gasteiger partial charge in [-0.1, -0.05) is 103 Å². The van der Waals surface area contributed by atoms with Crippen LogP contribution in [-0.2, 0) is 33.4 Å². The zero-order chi connectivity index (χ0) is 43.9. The molecule has 60 heavy (non-hydrogen) atoms. The van der Waals surface area contributed by atoms with Gasteiger partial charge in [-0.05, 0) is 41.8 Å². The first kappa shape index (κ1) is 47.9. The third kappa shape index (κ3) is 17.6. The third-order valence-corrected chi connectivity index (χ3v) is 9.12. The normalized spacial score (nSPS) is 13.8. The number of carbonyl (C=O) groups excluding carboxylic acids is 2. The van der Waals surface area contributed by atoms with Gasteiger partial charge >= 0.3 is 29.8 Å². The van der Waals surface area contributed by atoms with Crippen LogP contribution in [0.4, 0.5) is 0 Å². The summed E-state index contributed by atoms with van der Waals surface area (Å²) in [5.74, 6) is -5.91. The molecule has 4 aromatic carbocycles. The zero-order valence-corrected chi connectivity index (χ0v) is 33.6. The Balaban J connectivity index is 0.000000507. The second kappa shape index (κ2) is 25.8. The van der Waals surface area contributed by atoms with E-state index in [1.165, 1.54) is 11.1 Å². The number of halogens is 1. The quantitative estimate of drug-likeness (QED) is 0.0412. The number of benzene rings is 4. The lowest BCUT2D eigenvalue weighted by Crippen LogP contribution is -2.48. The molecule has 1 aliphatic heterocycles. The molecule has 0 aromatic heterocycles. The highest BCUT2D eigenvalue weighted by atomic mass is 35.5. The Morgan fingerprint density at radius 2 is 1.08 bits per heavy atom. The summed E-state index contributed by atoms with van der Waals surface area (Å²) < 4.78 is 11.3. The first-order chi connectivity index (χ1) is 28.7. The van der Waals surface area contributed by atoms with Gasteiger partial charge in [-0.3, -0.25) is 19.4 Å². The van der Waals surface area contributed by atoms with Crippen molar-refractivity contribution >= 4 is 47.2 Å². The molecule has 1 aliphatic rings.